The Hall–Kier alpha value is -4.09. The van der Waals surface area contributed by atoms with Gasteiger partial charge in [0.15, 0.2) is 6.61 Å². The molecule has 1 saturated heterocycles. The van der Waals surface area contributed by atoms with Gasteiger partial charge >= 0.3 is 6.18 Å². The van der Waals surface area contributed by atoms with Gasteiger partial charge in [-0.2, -0.15) is 13.2 Å². The second kappa shape index (κ2) is 10.5. The van der Waals surface area contributed by atoms with Crippen LogP contribution < -0.4 is 19.8 Å². The lowest BCUT2D eigenvalue weighted by Gasteiger charge is -2.27. The second-order valence-corrected chi connectivity index (χ2v) is 7.45. The number of halogens is 3. The quantitative estimate of drug-likeness (QED) is 0.470. The maximum Gasteiger partial charge on any atom is 0.416 e. The molecule has 0 aliphatic carbocycles. The molecule has 0 saturated carbocycles. The number of benzene rings is 2. The van der Waals surface area contributed by atoms with Crippen LogP contribution in [0, 0.1) is 0 Å². The molecule has 186 valence electrons. The lowest BCUT2D eigenvalue weighted by molar-refractivity contribution is -0.148. The first-order chi connectivity index (χ1) is 16.5. The van der Waals surface area contributed by atoms with Crippen molar-refractivity contribution < 1.29 is 41.8 Å². The molecule has 9 nitrogen and oxygen atoms in total. The van der Waals surface area contributed by atoms with E-state index < -0.39 is 54.4 Å². The number of alkyl halides is 3. The molecule has 2 aromatic rings. The third kappa shape index (κ3) is 5.89. The standard InChI is InChI=1S/C23H22F3N3O6/c1-3-20(31)29(27-19(30)13-35-17-9-7-16(34-2)8-10-17)18-12-21(32)28(22(18)33)15-6-4-5-14(11-15)23(24,25)26/h4-11,18H,3,12-13H2,1-2H3,(H,27,30). The summed E-state index contributed by atoms with van der Waals surface area (Å²) in [6.07, 6.45) is -5.30. The maximum atomic E-state index is 13.1. The van der Waals surface area contributed by atoms with E-state index in [1.165, 1.54) is 20.1 Å². The summed E-state index contributed by atoms with van der Waals surface area (Å²) in [4.78, 5) is 51.1. The molecule has 12 heteroatoms. The van der Waals surface area contributed by atoms with Gasteiger partial charge in [0.05, 0.1) is 24.8 Å². The lowest BCUT2D eigenvalue weighted by atomic mass is 10.2. The number of anilines is 1. The van der Waals surface area contributed by atoms with Gasteiger partial charge in [-0.15, -0.1) is 0 Å². The molecule has 3 rings (SSSR count). The number of hydrogen-bond donors (Lipinski definition) is 1. The van der Waals surface area contributed by atoms with Gasteiger partial charge < -0.3 is 9.47 Å². The Morgan fingerprint density at radius 3 is 2.37 bits per heavy atom. The molecule has 4 amide bonds. The van der Waals surface area contributed by atoms with Crippen molar-refractivity contribution in [2.75, 3.05) is 18.6 Å². The summed E-state index contributed by atoms with van der Waals surface area (Å²) < 4.78 is 49.6. The van der Waals surface area contributed by atoms with E-state index in [0.29, 0.717) is 22.5 Å². The fourth-order valence-corrected chi connectivity index (χ4v) is 3.38. The van der Waals surface area contributed by atoms with Crippen LogP contribution in [0.5, 0.6) is 11.5 Å². The van der Waals surface area contributed by atoms with Crippen molar-refractivity contribution in [3.8, 4) is 11.5 Å². The molecule has 1 aliphatic rings. The van der Waals surface area contributed by atoms with E-state index in [9.17, 15) is 32.3 Å². The molecular weight excluding hydrogens is 471 g/mol. The van der Waals surface area contributed by atoms with Crippen molar-refractivity contribution in [2.45, 2.75) is 32.0 Å². The smallest absolute Gasteiger partial charge is 0.416 e. The van der Waals surface area contributed by atoms with Crippen LogP contribution in [0.3, 0.4) is 0 Å². The van der Waals surface area contributed by atoms with Crippen molar-refractivity contribution in [3.05, 3.63) is 54.1 Å². The Morgan fingerprint density at radius 2 is 1.77 bits per heavy atom. The van der Waals surface area contributed by atoms with Crippen molar-refractivity contribution in [2.24, 2.45) is 0 Å². The molecule has 0 spiro atoms. The normalized spacial score (nSPS) is 15.7. The molecule has 0 radical (unpaired) electrons. The van der Waals surface area contributed by atoms with Crippen LogP contribution in [0.1, 0.15) is 25.3 Å². The molecule has 1 fully saturated rings. The number of hydrogen-bond acceptors (Lipinski definition) is 6. The minimum Gasteiger partial charge on any atom is -0.497 e. The van der Waals surface area contributed by atoms with E-state index in [1.807, 2.05) is 0 Å². The molecule has 35 heavy (non-hydrogen) atoms. The minimum absolute atomic E-state index is 0.110. The Balaban J connectivity index is 1.74. The summed E-state index contributed by atoms with van der Waals surface area (Å²) in [6, 6.07) is 8.67. The van der Waals surface area contributed by atoms with Crippen molar-refractivity contribution >= 4 is 29.3 Å². The largest absolute Gasteiger partial charge is 0.497 e. The zero-order valence-corrected chi connectivity index (χ0v) is 18.8. The number of nitrogens with one attached hydrogen (secondary N) is 1. The third-order valence-corrected chi connectivity index (χ3v) is 5.11. The first-order valence-corrected chi connectivity index (χ1v) is 10.5. The summed E-state index contributed by atoms with van der Waals surface area (Å²) in [5, 5.41) is 0.730. The number of carbonyl (C=O) groups is 4. The van der Waals surface area contributed by atoms with E-state index in [2.05, 4.69) is 5.43 Å². The minimum atomic E-state index is -4.68. The molecule has 0 bridgehead atoms. The number of imide groups is 1. The molecule has 1 N–H and O–H groups in total. The van der Waals surface area contributed by atoms with Crippen molar-refractivity contribution in [1.29, 1.82) is 0 Å². The first kappa shape index (κ1) is 25.5. The lowest BCUT2D eigenvalue weighted by Crippen LogP contribution is -2.55. The van der Waals surface area contributed by atoms with Gasteiger partial charge in [0.25, 0.3) is 11.8 Å². The highest BCUT2D eigenvalue weighted by Gasteiger charge is 2.45. The Labute approximate surface area is 198 Å². The predicted molar refractivity (Wildman–Crippen MR) is 116 cm³/mol. The van der Waals surface area contributed by atoms with Gasteiger partial charge in [0.2, 0.25) is 11.8 Å². The molecule has 2 aromatic carbocycles. The summed E-state index contributed by atoms with van der Waals surface area (Å²) in [6.45, 7) is 0.979. The first-order valence-electron chi connectivity index (χ1n) is 10.5. The van der Waals surface area contributed by atoms with Gasteiger partial charge in [-0.05, 0) is 42.5 Å². The molecule has 0 aromatic heterocycles. The van der Waals surface area contributed by atoms with Crippen molar-refractivity contribution in [1.82, 2.24) is 10.4 Å². The van der Waals surface area contributed by atoms with Gasteiger partial charge in [0.1, 0.15) is 17.5 Å². The van der Waals surface area contributed by atoms with E-state index in [1.54, 1.807) is 24.3 Å². The van der Waals surface area contributed by atoms with Gasteiger partial charge in [-0.25, -0.2) is 9.91 Å². The van der Waals surface area contributed by atoms with Crippen molar-refractivity contribution in [3.63, 3.8) is 0 Å². The number of ether oxygens (including phenoxy) is 2. The molecule has 1 unspecified atom stereocenters. The topological polar surface area (TPSA) is 105 Å². The monoisotopic (exact) mass is 493 g/mol. The van der Waals surface area contributed by atoms with Crippen LogP contribution >= 0.6 is 0 Å². The van der Waals surface area contributed by atoms with E-state index in [0.717, 1.165) is 17.1 Å². The Morgan fingerprint density at radius 1 is 1.11 bits per heavy atom. The summed E-state index contributed by atoms with van der Waals surface area (Å²) in [7, 11) is 1.49. The number of methoxy groups -OCH3 is 1. The Bertz CT molecular complexity index is 1120. The molecule has 1 atom stereocenters. The number of hydrazine groups is 1. The van der Waals surface area contributed by atoms with Crippen LogP contribution in [-0.4, -0.2) is 48.4 Å². The summed E-state index contributed by atoms with van der Waals surface area (Å²) >= 11 is 0. The second-order valence-electron chi connectivity index (χ2n) is 7.45. The predicted octanol–water partition coefficient (Wildman–Crippen LogP) is 2.69. The highest BCUT2D eigenvalue weighted by atomic mass is 19.4. The molecule has 1 heterocycles. The van der Waals surface area contributed by atoms with Crippen LogP contribution in [0.25, 0.3) is 0 Å². The van der Waals surface area contributed by atoms with E-state index >= 15 is 0 Å². The van der Waals surface area contributed by atoms with Crippen LogP contribution in [0.2, 0.25) is 0 Å². The van der Waals surface area contributed by atoms with Gasteiger partial charge in [-0.1, -0.05) is 13.0 Å². The Kier molecular flexibility index (Phi) is 7.62. The van der Waals surface area contributed by atoms with Crippen LogP contribution in [0.4, 0.5) is 18.9 Å². The third-order valence-electron chi connectivity index (χ3n) is 5.11. The highest BCUT2D eigenvalue weighted by molar-refractivity contribution is 6.23. The number of nitrogens with zero attached hydrogens (tertiary/aromatic N) is 2. The number of rotatable bonds is 7. The number of carbonyl (C=O) groups excluding carboxylic acids is 4. The van der Waals surface area contributed by atoms with Gasteiger partial charge in [-0.3, -0.25) is 24.6 Å². The molecule has 1 aliphatic heterocycles. The fraction of sp³-hybridized carbons (Fsp3) is 0.304. The van der Waals surface area contributed by atoms with E-state index in [4.69, 9.17) is 9.47 Å². The summed E-state index contributed by atoms with van der Waals surface area (Å²) in [5.74, 6) is -2.27. The average Bonchev–Trinajstić information content (AvgIpc) is 3.13. The van der Waals surface area contributed by atoms with Crippen LogP contribution in [0.15, 0.2) is 48.5 Å². The van der Waals surface area contributed by atoms with E-state index in [-0.39, 0.29) is 12.1 Å². The van der Waals surface area contributed by atoms with Gasteiger partial charge in [0, 0.05) is 6.42 Å². The molecular formula is C23H22F3N3O6. The number of amides is 4. The summed E-state index contributed by atoms with van der Waals surface area (Å²) in [5.41, 5.74) is 0.957. The average molecular weight is 493 g/mol. The zero-order valence-electron chi connectivity index (χ0n) is 18.8. The fourth-order valence-electron chi connectivity index (χ4n) is 3.38. The zero-order chi connectivity index (χ0) is 25.8. The van der Waals surface area contributed by atoms with Crippen LogP contribution in [-0.2, 0) is 25.4 Å². The maximum absolute atomic E-state index is 13.1. The SMILES string of the molecule is CCC(=O)N(NC(=O)COc1ccc(OC)cc1)C1CC(=O)N(c2cccc(C(F)(F)F)c2)C1=O. The highest BCUT2D eigenvalue weighted by Crippen LogP contribution is 2.33.